The number of nitrogens with two attached hydrogens (primary N) is 1. The Morgan fingerprint density at radius 3 is 1.83 bits per heavy atom. The van der Waals surface area contributed by atoms with Gasteiger partial charge in [0.2, 0.25) is 0 Å². The minimum Gasteiger partial charge on any atom is -0.399 e. The lowest BCUT2D eigenvalue weighted by Gasteiger charge is -2.18. The Hall–Kier alpha value is -3.58. The first kappa shape index (κ1) is 16.4. The van der Waals surface area contributed by atoms with Gasteiger partial charge in [-0.2, -0.15) is 0 Å². The minimum absolute atomic E-state index is 0.856. The molecule has 6 aromatic carbocycles. The maximum absolute atomic E-state index is 6.16. The van der Waals surface area contributed by atoms with Gasteiger partial charge in [-0.25, -0.2) is 0 Å². The van der Waals surface area contributed by atoms with Crippen LogP contribution in [0.2, 0.25) is 0 Å². The first-order chi connectivity index (χ1) is 14.1. The van der Waals surface area contributed by atoms with Crippen LogP contribution in [0.3, 0.4) is 0 Å². The maximum atomic E-state index is 6.16. The third kappa shape index (κ3) is 2.16. The molecule has 0 unspecified atom stereocenters. The highest BCUT2D eigenvalue weighted by atomic mass is 14.6. The molecule has 6 aromatic rings. The molecule has 1 heteroatoms. The first-order valence-electron chi connectivity index (χ1n) is 10.1. The summed E-state index contributed by atoms with van der Waals surface area (Å²) in [6.07, 6.45) is 0. The molecular weight excluding hydrogens is 350 g/mol. The molecule has 0 amide bonds. The van der Waals surface area contributed by atoms with Crippen molar-refractivity contribution in [3.05, 3.63) is 90.0 Å². The van der Waals surface area contributed by atoms with E-state index in [-0.39, 0.29) is 0 Å². The molecule has 0 atom stereocenters. The van der Waals surface area contributed by atoms with Crippen LogP contribution in [0.25, 0.3) is 54.2 Å². The van der Waals surface area contributed by atoms with Crippen LogP contribution in [-0.2, 0) is 0 Å². The molecule has 0 aliphatic heterocycles. The van der Waals surface area contributed by atoms with Gasteiger partial charge < -0.3 is 5.73 Å². The molecule has 0 aliphatic rings. The number of benzene rings is 6. The summed E-state index contributed by atoms with van der Waals surface area (Å²) in [5.41, 5.74) is 11.9. The number of hydrogen-bond acceptors (Lipinski definition) is 1. The van der Waals surface area contributed by atoms with Crippen LogP contribution in [-0.4, -0.2) is 0 Å². The van der Waals surface area contributed by atoms with Crippen molar-refractivity contribution in [1.82, 2.24) is 0 Å². The van der Waals surface area contributed by atoms with E-state index < -0.39 is 0 Å². The van der Waals surface area contributed by atoms with Gasteiger partial charge in [-0.3, -0.25) is 0 Å². The topological polar surface area (TPSA) is 26.0 Å². The fourth-order valence-electron chi connectivity index (χ4n) is 5.01. The molecule has 0 spiro atoms. The number of fused-ring (bicyclic) bond motifs is 2. The molecule has 0 aromatic heterocycles. The Bertz CT molecular complexity index is 1520. The number of hydrogen-bond donors (Lipinski definition) is 1. The van der Waals surface area contributed by atoms with Crippen LogP contribution in [0.1, 0.15) is 11.1 Å². The van der Waals surface area contributed by atoms with E-state index in [0.29, 0.717) is 0 Å². The molecular formula is C28H21N. The summed E-state index contributed by atoms with van der Waals surface area (Å²) in [6, 6.07) is 28.9. The third-order valence-electron chi connectivity index (χ3n) is 6.43. The van der Waals surface area contributed by atoms with Crippen LogP contribution in [0.15, 0.2) is 78.9 Å². The molecule has 0 saturated carbocycles. The maximum Gasteiger partial charge on any atom is 0.0346 e. The van der Waals surface area contributed by atoms with E-state index in [1.807, 2.05) is 0 Å². The highest BCUT2D eigenvalue weighted by Gasteiger charge is 2.16. The molecule has 2 N–H and O–H groups in total. The van der Waals surface area contributed by atoms with Crippen LogP contribution >= 0.6 is 0 Å². The van der Waals surface area contributed by atoms with Gasteiger partial charge in [0.1, 0.15) is 0 Å². The molecule has 1 nitrogen and oxygen atoms in total. The third-order valence-corrected chi connectivity index (χ3v) is 6.43. The molecule has 0 radical (unpaired) electrons. The fourth-order valence-corrected chi connectivity index (χ4v) is 5.01. The van der Waals surface area contributed by atoms with Crippen LogP contribution in [0, 0.1) is 13.8 Å². The molecule has 0 aliphatic carbocycles. The average Bonchev–Trinajstić information content (AvgIpc) is 2.74. The summed E-state index contributed by atoms with van der Waals surface area (Å²) in [5, 5.41) is 10.6. The number of aryl methyl sites for hydroxylation is 2. The second-order valence-electron chi connectivity index (χ2n) is 8.12. The smallest absolute Gasteiger partial charge is 0.0346 e. The lowest BCUT2D eigenvalue weighted by molar-refractivity contribution is 1.40. The SMILES string of the molecule is Cc1cc(-c2ccc3c4cccc5cccc(c6cccc2c63)c54)c(C)cc1N. The van der Waals surface area contributed by atoms with Gasteiger partial charge in [-0.1, -0.05) is 66.7 Å². The Balaban J connectivity index is 1.84. The predicted molar refractivity (Wildman–Crippen MR) is 127 cm³/mol. The number of rotatable bonds is 1. The van der Waals surface area contributed by atoms with Crippen LogP contribution in [0.4, 0.5) is 5.69 Å². The number of nitrogen functional groups attached to an aromatic ring is 1. The van der Waals surface area contributed by atoms with Crippen molar-refractivity contribution in [3.8, 4) is 11.1 Å². The second-order valence-corrected chi connectivity index (χ2v) is 8.12. The van der Waals surface area contributed by atoms with Crippen molar-refractivity contribution >= 4 is 48.8 Å². The predicted octanol–water partition coefficient (Wildman–Crippen LogP) is 7.60. The molecule has 0 saturated heterocycles. The van der Waals surface area contributed by atoms with Crippen molar-refractivity contribution in [2.75, 3.05) is 5.73 Å². The summed E-state index contributed by atoms with van der Waals surface area (Å²) in [6.45, 7) is 4.23. The Labute approximate surface area is 169 Å². The zero-order valence-corrected chi connectivity index (χ0v) is 16.6. The van der Waals surface area contributed by atoms with E-state index >= 15 is 0 Å². The van der Waals surface area contributed by atoms with Gasteiger partial charge >= 0.3 is 0 Å². The van der Waals surface area contributed by atoms with E-state index in [4.69, 9.17) is 5.73 Å². The normalized spacial score (nSPS) is 11.9. The molecule has 29 heavy (non-hydrogen) atoms. The molecule has 138 valence electrons. The van der Waals surface area contributed by atoms with E-state index in [9.17, 15) is 0 Å². The lowest BCUT2D eigenvalue weighted by atomic mass is 9.86. The summed E-state index contributed by atoms with van der Waals surface area (Å²) in [4.78, 5) is 0. The van der Waals surface area contributed by atoms with Gasteiger partial charge in [0.05, 0.1) is 0 Å². The van der Waals surface area contributed by atoms with Gasteiger partial charge in [0.25, 0.3) is 0 Å². The quantitative estimate of drug-likeness (QED) is 0.180. The van der Waals surface area contributed by atoms with Crippen molar-refractivity contribution < 1.29 is 0 Å². The van der Waals surface area contributed by atoms with Crippen molar-refractivity contribution in [2.45, 2.75) is 13.8 Å². The van der Waals surface area contributed by atoms with Gasteiger partial charge in [-0.05, 0) is 91.3 Å². The highest BCUT2D eigenvalue weighted by Crippen LogP contribution is 2.43. The molecule has 0 bridgehead atoms. The Morgan fingerprint density at radius 1 is 0.517 bits per heavy atom. The van der Waals surface area contributed by atoms with Gasteiger partial charge in [-0.15, -0.1) is 0 Å². The van der Waals surface area contributed by atoms with Gasteiger partial charge in [0, 0.05) is 5.69 Å². The average molecular weight is 371 g/mol. The largest absolute Gasteiger partial charge is 0.399 e. The zero-order chi connectivity index (χ0) is 19.7. The van der Waals surface area contributed by atoms with Crippen LogP contribution < -0.4 is 5.73 Å². The second kappa shape index (κ2) is 5.71. The standard InChI is InChI=1S/C28H21N/c1-16-15-26(29)17(2)14-25(16)19-12-13-24-22-9-4-7-18-6-3-8-21(27(18)22)23-11-5-10-20(19)28(23)24/h3-15H,29H2,1-2H3. The van der Waals surface area contributed by atoms with E-state index in [1.165, 1.54) is 59.8 Å². The Morgan fingerprint density at radius 2 is 1.10 bits per heavy atom. The van der Waals surface area contributed by atoms with Gasteiger partial charge in [0.15, 0.2) is 0 Å². The molecule has 6 rings (SSSR count). The first-order valence-corrected chi connectivity index (χ1v) is 10.1. The minimum atomic E-state index is 0.856. The van der Waals surface area contributed by atoms with E-state index in [0.717, 1.165) is 11.3 Å². The summed E-state index contributed by atoms with van der Waals surface area (Å²) in [5.74, 6) is 0. The molecule has 0 fully saturated rings. The fraction of sp³-hybridized carbons (Fsp3) is 0.0714. The summed E-state index contributed by atoms with van der Waals surface area (Å²) < 4.78 is 0. The molecule has 0 heterocycles. The van der Waals surface area contributed by atoms with Crippen molar-refractivity contribution in [3.63, 3.8) is 0 Å². The van der Waals surface area contributed by atoms with Crippen molar-refractivity contribution in [2.24, 2.45) is 0 Å². The van der Waals surface area contributed by atoms with Crippen LogP contribution in [0.5, 0.6) is 0 Å². The van der Waals surface area contributed by atoms with E-state index in [1.54, 1.807) is 0 Å². The van der Waals surface area contributed by atoms with Crippen molar-refractivity contribution in [1.29, 1.82) is 0 Å². The highest BCUT2D eigenvalue weighted by molar-refractivity contribution is 6.34. The summed E-state index contributed by atoms with van der Waals surface area (Å²) in [7, 11) is 0. The summed E-state index contributed by atoms with van der Waals surface area (Å²) >= 11 is 0. The number of anilines is 1. The lowest BCUT2D eigenvalue weighted by Crippen LogP contribution is -1.94. The van der Waals surface area contributed by atoms with E-state index in [2.05, 4.69) is 92.7 Å². The Kier molecular flexibility index (Phi) is 3.23. The monoisotopic (exact) mass is 371 g/mol. The zero-order valence-electron chi connectivity index (χ0n) is 16.6.